The number of aliphatic imine (C=N–C) groups is 1. The summed E-state index contributed by atoms with van der Waals surface area (Å²) in [5, 5.41) is 6.55. The molecule has 0 saturated carbocycles. The fourth-order valence-corrected chi connectivity index (χ4v) is 2.07. The van der Waals surface area contributed by atoms with E-state index in [1.165, 1.54) is 0 Å². The van der Waals surface area contributed by atoms with Crippen LogP contribution in [0.3, 0.4) is 0 Å². The van der Waals surface area contributed by atoms with Crippen molar-refractivity contribution in [3.63, 3.8) is 0 Å². The largest absolute Gasteiger partial charge is 0.478 e. The SMILES string of the molecule is CCCOc1ccc(CNC(=NC)NCCc2ccccn2)cn1.I. The molecule has 2 aromatic heterocycles. The van der Waals surface area contributed by atoms with Gasteiger partial charge < -0.3 is 15.4 Å². The van der Waals surface area contributed by atoms with Gasteiger partial charge in [-0.25, -0.2) is 4.98 Å². The summed E-state index contributed by atoms with van der Waals surface area (Å²) < 4.78 is 5.48. The lowest BCUT2D eigenvalue weighted by atomic mass is 10.3. The van der Waals surface area contributed by atoms with Crippen molar-refractivity contribution in [2.75, 3.05) is 20.2 Å². The van der Waals surface area contributed by atoms with Crippen molar-refractivity contribution < 1.29 is 4.74 Å². The Balaban J connectivity index is 0.00000312. The Kier molecular flexibility index (Phi) is 10.5. The van der Waals surface area contributed by atoms with Gasteiger partial charge in [0, 0.05) is 50.7 Å². The average molecular weight is 455 g/mol. The zero-order valence-electron chi connectivity index (χ0n) is 14.7. The maximum Gasteiger partial charge on any atom is 0.213 e. The summed E-state index contributed by atoms with van der Waals surface area (Å²) >= 11 is 0. The van der Waals surface area contributed by atoms with Gasteiger partial charge in [0.2, 0.25) is 5.88 Å². The highest BCUT2D eigenvalue weighted by molar-refractivity contribution is 14.0. The topological polar surface area (TPSA) is 71.4 Å². The van der Waals surface area contributed by atoms with E-state index in [1.54, 1.807) is 7.05 Å². The fraction of sp³-hybridized carbons (Fsp3) is 0.389. The molecule has 0 fully saturated rings. The average Bonchev–Trinajstić information content (AvgIpc) is 2.64. The van der Waals surface area contributed by atoms with Crippen LogP contribution in [0.2, 0.25) is 0 Å². The van der Waals surface area contributed by atoms with E-state index >= 15 is 0 Å². The summed E-state index contributed by atoms with van der Waals surface area (Å²) in [4.78, 5) is 12.8. The van der Waals surface area contributed by atoms with Crippen LogP contribution in [-0.4, -0.2) is 36.1 Å². The molecule has 2 rings (SSSR count). The van der Waals surface area contributed by atoms with Gasteiger partial charge >= 0.3 is 0 Å². The van der Waals surface area contributed by atoms with Crippen molar-refractivity contribution in [3.8, 4) is 5.88 Å². The Bertz CT molecular complexity index is 619. The Morgan fingerprint density at radius 1 is 1.16 bits per heavy atom. The number of halogens is 1. The molecule has 2 heterocycles. The molecule has 0 amide bonds. The number of hydrogen-bond acceptors (Lipinski definition) is 4. The van der Waals surface area contributed by atoms with E-state index < -0.39 is 0 Å². The second kappa shape index (κ2) is 12.5. The van der Waals surface area contributed by atoms with Crippen LogP contribution in [0.5, 0.6) is 5.88 Å². The molecule has 136 valence electrons. The second-order valence-corrected chi connectivity index (χ2v) is 5.28. The predicted molar refractivity (Wildman–Crippen MR) is 112 cm³/mol. The fourth-order valence-electron chi connectivity index (χ4n) is 2.07. The van der Waals surface area contributed by atoms with Crippen molar-refractivity contribution in [1.82, 2.24) is 20.6 Å². The van der Waals surface area contributed by atoms with Gasteiger partial charge in [0.15, 0.2) is 5.96 Å². The van der Waals surface area contributed by atoms with Gasteiger partial charge in [-0.1, -0.05) is 19.1 Å². The third-order valence-corrected chi connectivity index (χ3v) is 3.33. The number of nitrogens with zero attached hydrogens (tertiary/aromatic N) is 3. The number of guanidine groups is 1. The first-order valence-electron chi connectivity index (χ1n) is 8.24. The number of ether oxygens (including phenoxy) is 1. The first-order chi connectivity index (χ1) is 11.8. The van der Waals surface area contributed by atoms with E-state index in [9.17, 15) is 0 Å². The summed E-state index contributed by atoms with van der Waals surface area (Å²) in [6.07, 6.45) is 5.46. The van der Waals surface area contributed by atoms with E-state index in [0.717, 1.165) is 36.6 Å². The van der Waals surface area contributed by atoms with Crippen LogP contribution in [0, 0.1) is 0 Å². The molecule has 7 heteroatoms. The number of aromatic nitrogens is 2. The molecule has 2 aromatic rings. The number of rotatable bonds is 8. The van der Waals surface area contributed by atoms with Crippen LogP contribution >= 0.6 is 24.0 Å². The summed E-state index contributed by atoms with van der Waals surface area (Å²) in [5.74, 6) is 1.43. The first kappa shape index (κ1) is 21.1. The van der Waals surface area contributed by atoms with Gasteiger partial charge in [-0.05, 0) is 24.1 Å². The number of hydrogen-bond donors (Lipinski definition) is 2. The van der Waals surface area contributed by atoms with E-state index in [1.807, 2.05) is 42.7 Å². The molecule has 0 unspecified atom stereocenters. The molecule has 25 heavy (non-hydrogen) atoms. The van der Waals surface area contributed by atoms with Crippen molar-refractivity contribution in [1.29, 1.82) is 0 Å². The van der Waals surface area contributed by atoms with E-state index in [2.05, 4.69) is 32.5 Å². The minimum absolute atomic E-state index is 0. The van der Waals surface area contributed by atoms with Gasteiger partial charge in [-0.15, -0.1) is 24.0 Å². The maximum absolute atomic E-state index is 5.48. The van der Waals surface area contributed by atoms with E-state index in [4.69, 9.17) is 4.74 Å². The standard InChI is InChI=1S/C18H25N5O.HI/c1-3-12-24-17-8-7-15(13-22-17)14-23-18(19-2)21-11-9-16-6-4-5-10-20-16;/h4-8,10,13H,3,9,11-12,14H2,1-2H3,(H2,19,21,23);1H. The molecule has 0 aliphatic carbocycles. The van der Waals surface area contributed by atoms with Crippen molar-refractivity contribution in [2.24, 2.45) is 4.99 Å². The van der Waals surface area contributed by atoms with Crippen LogP contribution in [0.25, 0.3) is 0 Å². The van der Waals surface area contributed by atoms with Crippen LogP contribution < -0.4 is 15.4 Å². The Morgan fingerprint density at radius 2 is 2.04 bits per heavy atom. The van der Waals surface area contributed by atoms with Gasteiger partial charge in [0.1, 0.15) is 0 Å². The molecule has 0 aliphatic heterocycles. The van der Waals surface area contributed by atoms with Gasteiger partial charge in [-0.3, -0.25) is 9.98 Å². The molecule has 0 aromatic carbocycles. The molecule has 6 nitrogen and oxygen atoms in total. The summed E-state index contributed by atoms with van der Waals surface area (Å²) in [6.45, 7) is 4.20. The predicted octanol–water partition coefficient (Wildman–Crippen LogP) is 2.79. The smallest absolute Gasteiger partial charge is 0.213 e. The highest BCUT2D eigenvalue weighted by Gasteiger charge is 2.01. The molecule has 0 atom stereocenters. The maximum atomic E-state index is 5.48. The number of nitrogens with one attached hydrogen (secondary N) is 2. The molecule has 0 spiro atoms. The first-order valence-corrected chi connectivity index (χ1v) is 8.24. The monoisotopic (exact) mass is 455 g/mol. The van der Waals surface area contributed by atoms with Crippen LogP contribution in [0.1, 0.15) is 24.6 Å². The Labute approximate surface area is 166 Å². The molecular formula is C18H26IN5O. The zero-order valence-corrected chi connectivity index (χ0v) is 17.1. The zero-order chi connectivity index (χ0) is 17.0. The summed E-state index contributed by atoms with van der Waals surface area (Å²) in [5.41, 5.74) is 2.14. The Hall–Kier alpha value is -1.90. The van der Waals surface area contributed by atoms with Gasteiger partial charge in [0.25, 0.3) is 0 Å². The number of pyridine rings is 2. The quantitative estimate of drug-likeness (QED) is 0.364. The van der Waals surface area contributed by atoms with Crippen molar-refractivity contribution in [2.45, 2.75) is 26.3 Å². The minimum atomic E-state index is 0. The van der Waals surface area contributed by atoms with Crippen LogP contribution in [0.4, 0.5) is 0 Å². The van der Waals surface area contributed by atoms with Crippen molar-refractivity contribution >= 4 is 29.9 Å². The van der Waals surface area contributed by atoms with Gasteiger partial charge in [-0.2, -0.15) is 0 Å². The highest BCUT2D eigenvalue weighted by atomic mass is 127. The lowest BCUT2D eigenvalue weighted by molar-refractivity contribution is 0.305. The highest BCUT2D eigenvalue weighted by Crippen LogP contribution is 2.07. The lowest BCUT2D eigenvalue weighted by Crippen LogP contribution is -2.37. The molecular weight excluding hydrogens is 429 g/mol. The molecule has 2 N–H and O–H groups in total. The lowest BCUT2D eigenvalue weighted by Gasteiger charge is -2.12. The van der Waals surface area contributed by atoms with Gasteiger partial charge in [0.05, 0.1) is 6.61 Å². The minimum Gasteiger partial charge on any atom is -0.478 e. The summed E-state index contributed by atoms with van der Waals surface area (Å²) in [7, 11) is 1.76. The normalized spacial score (nSPS) is 10.7. The third-order valence-electron chi connectivity index (χ3n) is 3.33. The Morgan fingerprint density at radius 3 is 2.68 bits per heavy atom. The second-order valence-electron chi connectivity index (χ2n) is 5.28. The van der Waals surface area contributed by atoms with E-state index in [-0.39, 0.29) is 24.0 Å². The van der Waals surface area contributed by atoms with Crippen LogP contribution in [0.15, 0.2) is 47.7 Å². The molecule has 0 aliphatic rings. The molecule has 0 bridgehead atoms. The summed E-state index contributed by atoms with van der Waals surface area (Å²) in [6, 6.07) is 9.84. The molecule has 0 saturated heterocycles. The molecule has 0 radical (unpaired) electrons. The van der Waals surface area contributed by atoms with Crippen LogP contribution in [-0.2, 0) is 13.0 Å². The van der Waals surface area contributed by atoms with E-state index in [0.29, 0.717) is 19.0 Å². The third kappa shape index (κ3) is 8.15. The van der Waals surface area contributed by atoms with Crippen molar-refractivity contribution in [3.05, 3.63) is 54.0 Å².